The summed E-state index contributed by atoms with van der Waals surface area (Å²) in [4.78, 5) is 0. The van der Waals surface area contributed by atoms with E-state index in [9.17, 15) is 0 Å². The smallest absolute Gasteiger partial charge is 0.00260 e. The molecule has 0 spiro atoms. The van der Waals surface area contributed by atoms with Gasteiger partial charge in [-0.15, -0.1) is 0 Å². The molecule has 42 heavy (non-hydrogen) atoms. The first-order valence-corrected chi connectivity index (χ1v) is 20.4. The molecule has 1 aliphatic rings. The van der Waals surface area contributed by atoms with Crippen molar-refractivity contribution in [3.63, 3.8) is 0 Å². The monoisotopic (exact) mass is 590 g/mol. The summed E-state index contributed by atoms with van der Waals surface area (Å²) in [5, 5.41) is 3.36. The minimum Gasteiger partial charge on any atom is -0.319 e. The van der Waals surface area contributed by atoms with E-state index in [0.29, 0.717) is 0 Å². The molecule has 0 aliphatic heterocycles. The first kappa shape index (κ1) is 40.0. The largest absolute Gasteiger partial charge is 0.319 e. The van der Waals surface area contributed by atoms with Crippen LogP contribution in [0.1, 0.15) is 239 Å². The van der Waals surface area contributed by atoms with Gasteiger partial charge >= 0.3 is 0 Å². The highest BCUT2D eigenvalue weighted by molar-refractivity contribution is 4.93. The van der Waals surface area contributed by atoms with Crippen molar-refractivity contribution in [2.75, 3.05) is 13.6 Å². The molecule has 1 rings (SSSR count). The third kappa shape index (κ3) is 27.5. The zero-order valence-corrected chi connectivity index (χ0v) is 30.0. The Balaban J connectivity index is 1.65. The Hall–Kier alpha value is -0.0400. The molecule has 0 bridgehead atoms. The lowest BCUT2D eigenvalue weighted by molar-refractivity contribution is 0.331. The van der Waals surface area contributed by atoms with Crippen LogP contribution in [0.5, 0.6) is 0 Å². The second kappa shape index (κ2) is 31.0. The van der Waals surface area contributed by atoms with E-state index in [4.69, 9.17) is 0 Å². The first-order chi connectivity index (χ1) is 20.7. The molecule has 0 radical (unpaired) electrons. The van der Waals surface area contributed by atoms with Crippen LogP contribution in [0.25, 0.3) is 0 Å². The van der Waals surface area contributed by atoms with Crippen molar-refractivity contribution in [1.29, 1.82) is 0 Å². The van der Waals surface area contributed by atoms with Gasteiger partial charge in [-0.05, 0) is 50.6 Å². The molecule has 1 unspecified atom stereocenters. The maximum Gasteiger partial charge on any atom is -0.00260 e. The summed E-state index contributed by atoms with van der Waals surface area (Å²) in [6.45, 7) is 5.94. The summed E-state index contributed by atoms with van der Waals surface area (Å²) in [5.41, 5.74) is 0.765. The van der Waals surface area contributed by atoms with Crippen LogP contribution >= 0.6 is 0 Å². The quantitative estimate of drug-likeness (QED) is 0.0717. The fourth-order valence-corrected chi connectivity index (χ4v) is 7.59. The van der Waals surface area contributed by atoms with E-state index in [2.05, 4.69) is 26.2 Å². The van der Waals surface area contributed by atoms with Gasteiger partial charge in [0, 0.05) is 0 Å². The van der Waals surface area contributed by atoms with Gasteiger partial charge < -0.3 is 5.32 Å². The van der Waals surface area contributed by atoms with Crippen molar-refractivity contribution in [2.45, 2.75) is 239 Å². The van der Waals surface area contributed by atoms with Crippen LogP contribution in [-0.2, 0) is 0 Å². The topological polar surface area (TPSA) is 12.0 Å². The Morgan fingerprint density at radius 1 is 0.429 bits per heavy atom. The van der Waals surface area contributed by atoms with Gasteiger partial charge in [0.2, 0.25) is 0 Å². The maximum atomic E-state index is 3.36. The molecule has 0 aromatic carbocycles. The van der Waals surface area contributed by atoms with E-state index in [1.54, 1.807) is 0 Å². The lowest BCUT2D eigenvalue weighted by atomic mass is 9.88. The van der Waals surface area contributed by atoms with E-state index < -0.39 is 0 Å². The minimum absolute atomic E-state index is 0.765. The molecule has 1 nitrogen and oxygen atoms in total. The average Bonchev–Trinajstić information content (AvgIpc) is 3.75. The van der Waals surface area contributed by atoms with Gasteiger partial charge in [-0.25, -0.2) is 0 Å². The van der Waals surface area contributed by atoms with E-state index >= 15 is 0 Å². The normalized spacial score (nSPS) is 14.9. The Kier molecular flexibility index (Phi) is 29.5. The molecule has 0 amide bonds. The fraction of sp³-hybridized carbons (Fsp3) is 1.00. The number of hydrogen-bond acceptors (Lipinski definition) is 1. The molecule has 0 saturated heterocycles. The molecule has 1 saturated carbocycles. The van der Waals surface area contributed by atoms with Crippen LogP contribution in [-0.4, -0.2) is 13.6 Å². The predicted molar refractivity (Wildman–Crippen MR) is 193 cm³/mol. The van der Waals surface area contributed by atoms with E-state index in [-0.39, 0.29) is 0 Å². The van der Waals surface area contributed by atoms with Gasteiger partial charge in [0.25, 0.3) is 0 Å². The molecule has 1 atom stereocenters. The maximum absolute atomic E-state index is 3.36. The molecule has 1 N–H and O–H groups in total. The lowest BCUT2D eigenvalue weighted by Crippen LogP contribution is -2.19. The third-order valence-corrected chi connectivity index (χ3v) is 10.6. The Bertz CT molecular complexity index is 509. The molecule has 1 fully saturated rings. The van der Waals surface area contributed by atoms with Crippen molar-refractivity contribution in [3.8, 4) is 0 Å². The number of hydrogen-bond donors (Lipinski definition) is 1. The fourth-order valence-electron chi connectivity index (χ4n) is 7.59. The molecule has 252 valence electrons. The van der Waals surface area contributed by atoms with Gasteiger partial charge in [-0.3, -0.25) is 0 Å². The van der Waals surface area contributed by atoms with Crippen LogP contribution in [0.15, 0.2) is 0 Å². The molecule has 0 heterocycles. The Morgan fingerprint density at radius 3 is 0.929 bits per heavy atom. The average molecular weight is 590 g/mol. The number of rotatable bonds is 36. The van der Waals surface area contributed by atoms with Gasteiger partial charge in [0.1, 0.15) is 0 Å². The second-order valence-electron chi connectivity index (χ2n) is 15.2. The summed E-state index contributed by atoms with van der Waals surface area (Å²) >= 11 is 0. The zero-order chi connectivity index (χ0) is 30.2. The van der Waals surface area contributed by atoms with Crippen molar-refractivity contribution in [2.24, 2.45) is 11.3 Å². The van der Waals surface area contributed by atoms with E-state index in [1.165, 1.54) is 231 Å². The highest BCUT2D eigenvalue weighted by Gasteiger charge is 2.42. The highest BCUT2D eigenvalue weighted by atomic mass is 14.8. The molecule has 0 aromatic heterocycles. The number of nitrogens with one attached hydrogen (secondary N) is 1. The van der Waals surface area contributed by atoms with Gasteiger partial charge in [-0.1, -0.05) is 213 Å². The molecule has 0 aromatic rings. The summed E-state index contributed by atoms with van der Waals surface area (Å²) < 4.78 is 0. The van der Waals surface area contributed by atoms with Gasteiger partial charge in [0.15, 0.2) is 0 Å². The molecule has 1 aliphatic carbocycles. The van der Waals surface area contributed by atoms with E-state index in [0.717, 1.165) is 11.3 Å². The van der Waals surface area contributed by atoms with E-state index in [1.807, 2.05) is 0 Å². The van der Waals surface area contributed by atoms with Crippen molar-refractivity contribution in [3.05, 3.63) is 0 Å². The number of unbranched alkanes of at least 4 members (excludes halogenated alkanes) is 30. The zero-order valence-electron chi connectivity index (χ0n) is 30.0. The van der Waals surface area contributed by atoms with Crippen LogP contribution in [0.2, 0.25) is 0 Å². The summed E-state index contributed by atoms with van der Waals surface area (Å²) in [6.07, 6.45) is 52.1. The summed E-state index contributed by atoms with van der Waals surface area (Å²) in [6, 6.07) is 0. The summed E-state index contributed by atoms with van der Waals surface area (Å²) in [7, 11) is 2.10. The summed E-state index contributed by atoms with van der Waals surface area (Å²) in [5.74, 6) is 0.857. The Morgan fingerprint density at radius 2 is 0.690 bits per heavy atom. The molecular weight excluding hydrogens is 506 g/mol. The highest BCUT2D eigenvalue weighted by Crippen LogP contribution is 2.54. The van der Waals surface area contributed by atoms with Gasteiger partial charge in [0.05, 0.1) is 0 Å². The van der Waals surface area contributed by atoms with Gasteiger partial charge in [-0.2, -0.15) is 0 Å². The van der Waals surface area contributed by atoms with Crippen LogP contribution < -0.4 is 5.32 Å². The standard InChI is InChI=1S/C41H83N/c1-4-5-6-7-8-9-10-11-12-13-14-15-16-17-18-19-20-21-22-23-24-25-26-27-28-29-30-31-32-33-34-35-41(36-37-41)38-40(2)39-42-3/h40,42H,4-39H2,1-3H3. The predicted octanol–water partition coefficient (Wildman–Crippen LogP) is 14.5. The van der Waals surface area contributed by atoms with Crippen LogP contribution in [0.4, 0.5) is 0 Å². The van der Waals surface area contributed by atoms with Crippen molar-refractivity contribution in [1.82, 2.24) is 5.32 Å². The lowest BCUT2D eigenvalue weighted by Gasteiger charge is -2.20. The second-order valence-corrected chi connectivity index (χ2v) is 15.2. The Labute approximate surface area is 268 Å². The minimum atomic E-state index is 0.765. The SMILES string of the molecule is CCCCCCCCCCCCCCCCCCCCCCCCCCCCCCCCCC1(CC(C)CNC)CC1. The van der Waals surface area contributed by atoms with Crippen LogP contribution in [0, 0.1) is 11.3 Å². The van der Waals surface area contributed by atoms with Crippen LogP contribution in [0.3, 0.4) is 0 Å². The molecular formula is C41H83N. The third-order valence-electron chi connectivity index (χ3n) is 10.6. The molecule has 1 heteroatoms. The first-order valence-electron chi connectivity index (χ1n) is 20.4. The van der Waals surface area contributed by atoms with Crippen molar-refractivity contribution >= 4 is 0 Å². The van der Waals surface area contributed by atoms with Crippen molar-refractivity contribution < 1.29 is 0 Å².